The molecule has 0 atom stereocenters. The molecule has 2 saturated heterocycles. The molecule has 0 aromatic carbocycles. The molecule has 0 amide bonds. The molecule has 11 nitrogen and oxygen atoms in total. The summed E-state index contributed by atoms with van der Waals surface area (Å²) >= 11 is 0. The van der Waals surface area contributed by atoms with Crippen molar-refractivity contribution in [2.24, 2.45) is 0 Å². The number of nitrogens with zero attached hydrogens (tertiary/aromatic N) is 9. The van der Waals surface area contributed by atoms with Crippen molar-refractivity contribution in [2.45, 2.75) is 247 Å². The quantitative estimate of drug-likeness (QED) is 0.0757. The molecule has 0 aliphatic carbocycles. The van der Waals surface area contributed by atoms with Crippen LogP contribution in [0.25, 0.3) is 0 Å². The third-order valence-electron chi connectivity index (χ3n) is 13.0. The Kier molecular flexibility index (Phi) is 21.3. The number of anilines is 3. The van der Waals surface area contributed by atoms with Gasteiger partial charge >= 0.3 is 0 Å². The maximum atomic E-state index is 6.51. The molecule has 3 heterocycles. The highest BCUT2D eigenvalue weighted by Crippen LogP contribution is 2.43. The SMILES string of the molecule is CCCCN(C)c1nc(N(CCCC)CCCC)nc(N(CCCCCCN(C(C)C)C2CC(C)(C)N(OCCC)C(C)(C)C2)C2CC(C)(C)N(OCCC)C(C)(C)C2)n1. The predicted molar refractivity (Wildman–Crippen MR) is 256 cm³/mol. The summed E-state index contributed by atoms with van der Waals surface area (Å²) in [6.45, 7) is 41.4. The zero-order chi connectivity index (χ0) is 44.7. The maximum Gasteiger partial charge on any atom is 0.232 e. The summed E-state index contributed by atoms with van der Waals surface area (Å²) in [5.74, 6) is 2.49. The van der Waals surface area contributed by atoms with Gasteiger partial charge in [0, 0.05) is 73.5 Å². The van der Waals surface area contributed by atoms with Crippen molar-refractivity contribution < 1.29 is 9.68 Å². The molecule has 0 saturated carbocycles. The van der Waals surface area contributed by atoms with Gasteiger partial charge in [0.1, 0.15) is 0 Å². The van der Waals surface area contributed by atoms with Crippen molar-refractivity contribution >= 4 is 17.8 Å². The van der Waals surface area contributed by atoms with Crippen LogP contribution in [0.2, 0.25) is 0 Å². The first-order valence-electron chi connectivity index (χ1n) is 24.9. The minimum atomic E-state index is -0.146. The highest BCUT2D eigenvalue weighted by molar-refractivity contribution is 5.47. The summed E-state index contributed by atoms with van der Waals surface area (Å²) < 4.78 is 0. The Balaban J connectivity index is 1.90. The second-order valence-corrected chi connectivity index (χ2v) is 21.3. The largest absolute Gasteiger partial charge is 0.344 e. The average molecular weight is 844 g/mol. The van der Waals surface area contributed by atoms with Gasteiger partial charge in [-0.3, -0.25) is 14.6 Å². The highest BCUT2D eigenvalue weighted by Gasteiger charge is 2.49. The molecule has 0 unspecified atom stereocenters. The van der Waals surface area contributed by atoms with Crippen LogP contribution in [0.3, 0.4) is 0 Å². The van der Waals surface area contributed by atoms with Gasteiger partial charge in [0.15, 0.2) is 0 Å². The Morgan fingerprint density at radius 3 is 1.38 bits per heavy atom. The summed E-state index contributed by atoms with van der Waals surface area (Å²) in [5, 5.41) is 4.63. The van der Waals surface area contributed by atoms with E-state index >= 15 is 0 Å². The van der Waals surface area contributed by atoms with Crippen LogP contribution >= 0.6 is 0 Å². The first kappa shape index (κ1) is 52.6. The normalized spacial score (nSPS) is 19.7. The van der Waals surface area contributed by atoms with Crippen LogP contribution < -0.4 is 14.7 Å². The van der Waals surface area contributed by atoms with E-state index in [2.05, 4.69) is 141 Å². The van der Waals surface area contributed by atoms with E-state index in [1.807, 2.05) is 0 Å². The van der Waals surface area contributed by atoms with Gasteiger partial charge in [-0.2, -0.15) is 25.1 Å². The number of unbranched alkanes of at least 4 members (excludes halogenated alkanes) is 6. The lowest BCUT2D eigenvalue weighted by atomic mass is 9.78. The first-order valence-corrected chi connectivity index (χ1v) is 24.9. The first-order chi connectivity index (χ1) is 28.3. The fourth-order valence-corrected chi connectivity index (χ4v) is 10.5. The van der Waals surface area contributed by atoms with Crippen LogP contribution in [0.1, 0.15) is 207 Å². The van der Waals surface area contributed by atoms with Crippen molar-refractivity contribution in [3.63, 3.8) is 0 Å². The number of piperidine rings is 2. The zero-order valence-electron chi connectivity index (χ0n) is 42.3. The molecule has 0 N–H and O–H groups in total. The van der Waals surface area contributed by atoms with Crippen LogP contribution in [-0.4, -0.2) is 123 Å². The van der Waals surface area contributed by atoms with Crippen molar-refractivity contribution in [1.82, 2.24) is 30.0 Å². The van der Waals surface area contributed by atoms with Crippen LogP contribution in [0.15, 0.2) is 0 Å². The van der Waals surface area contributed by atoms with Gasteiger partial charge in [0.2, 0.25) is 17.8 Å². The monoisotopic (exact) mass is 844 g/mol. The molecule has 2 aliphatic heterocycles. The van der Waals surface area contributed by atoms with Crippen molar-refractivity contribution in [3.05, 3.63) is 0 Å². The van der Waals surface area contributed by atoms with E-state index in [4.69, 9.17) is 24.6 Å². The number of rotatable bonds is 28. The Bertz CT molecular complexity index is 1310. The van der Waals surface area contributed by atoms with E-state index in [1.54, 1.807) is 0 Å². The average Bonchev–Trinajstić information content (AvgIpc) is 3.16. The second kappa shape index (κ2) is 24.3. The Hall–Kier alpha value is -1.79. The molecule has 11 heteroatoms. The van der Waals surface area contributed by atoms with Crippen LogP contribution in [0, 0.1) is 0 Å². The minimum Gasteiger partial charge on any atom is -0.344 e. The fourth-order valence-electron chi connectivity index (χ4n) is 10.5. The van der Waals surface area contributed by atoms with E-state index in [-0.39, 0.29) is 28.2 Å². The number of hydrogen-bond donors (Lipinski definition) is 0. The maximum absolute atomic E-state index is 6.51. The van der Waals surface area contributed by atoms with E-state index < -0.39 is 0 Å². The molecule has 2 aliphatic rings. The van der Waals surface area contributed by atoms with Gasteiger partial charge in [-0.25, -0.2) is 0 Å². The molecule has 0 bridgehead atoms. The Morgan fingerprint density at radius 1 is 0.517 bits per heavy atom. The molecule has 0 spiro atoms. The van der Waals surface area contributed by atoms with E-state index in [0.717, 1.165) is 147 Å². The Labute approximate surface area is 371 Å². The van der Waals surface area contributed by atoms with Crippen LogP contribution in [0.5, 0.6) is 0 Å². The summed E-state index contributed by atoms with van der Waals surface area (Å²) in [5.41, 5.74) is -0.316. The van der Waals surface area contributed by atoms with Gasteiger partial charge in [-0.05, 0) is 146 Å². The fraction of sp³-hybridized carbons (Fsp3) is 0.939. The van der Waals surface area contributed by atoms with Crippen molar-refractivity contribution in [3.8, 4) is 0 Å². The molecule has 350 valence electrons. The number of aromatic nitrogens is 3. The number of hydrogen-bond acceptors (Lipinski definition) is 11. The summed E-state index contributed by atoms with van der Waals surface area (Å²) in [6.07, 6.45) is 17.8. The van der Waals surface area contributed by atoms with Gasteiger partial charge < -0.3 is 14.7 Å². The lowest BCUT2D eigenvalue weighted by Gasteiger charge is -2.56. The minimum absolute atomic E-state index is 0.0117. The summed E-state index contributed by atoms with van der Waals surface area (Å²) in [6, 6.07) is 1.33. The molecule has 1 aromatic heterocycles. The number of hydroxylamine groups is 4. The second-order valence-electron chi connectivity index (χ2n) is 21.3. The highest BCUT2D eigenvalue weighted by atomic mass is 16.7. The third-order valence-corrected chi connectivity index (χ3v) is 13.0. The topological polar surface area (TPSA) is 76.6 Å². The van der Waals surface area contributed by atoms with E-state index in [0.29, 0.717) is 12.1 Å². The standard InChI is InChI=1S/C49H97N9O2/c1-17-22-29-53(16)43-50-44(54(30-23-18-2)31-24-19-3)52-45(51-43)56(42-38-48(12,13)58(60-35-21-5)49(14,15)39-42)33-28-26-25-27-32-55(40(6)7)41-36-46(8,9)57(59-34-20-4)47(10,11)37-41/h40-42H,17-39H2,1-16H3. The predicted octanol–water partition coefficient (Wildman–Crippen LogP) is 11.3. The molecule has 1 aromatic rings. The van der Waals surface area contributed by atoms with E-state index in [9.17, 15) is 0 Å². The lowest BCUT2D eigenvalue weighted by molar-refractivity contribution is -0.288. The van der Waals surface area contributed by atoms with Gasteiger partial charge in [0.25, 0.3) is 0 Å². The van der Waals surface area contributed by atoms with Gasteiger partial charge in [-0.1, -0.05) is 66.7 Å². The molecule has 60 heavy (non-hydrogen) atoms. The Morgan fingerprint density at radius 2 is 0.933 bits per heavy atom. The third kappa shape index (κ3) is 14.9. The van der Waals surface area contributed by atoms with Crippen LogP contribution in [0.4, 0.5) is 17.8 Å². The molecule has 3 rings (SSSR count). The van der Waals surface area contributed by atoms with Crippen molar-refractivity contribution in [1.29, 1.82) is 0 Å². The van der Waals surface area contributed by atoms with Gasteiger partial charge in [-0.15, -0.1) is 0 Å². The van der Waals surface area contributed by atoms with Crippen LogP contribution in [-0.2, 0) is 9.68 Å². The summed E-state index contributed by atoms with van der Waals surface area (Å²) in [7, 11) is 2.16. The molecule has 2 fully saturated rings. The molecular formula is C49H97N9O2. The van der Waals surface area contributed by atoms with Gasteiger partial charge in [0.05, 0.1) is 13.2 Å². The van der Waals surface area contributed by atoms with E-state index in [1.165, 1.54) is 19.3 Å². The smallest absolute Gasteiger partial charge is 0.232 e. The summed E-state index contributed by atoms with van der Waals surface area (Å²) in [4.78, 5) is 39.0. The molecule has 0 radical (unpaired) electrons. The van der Waals surface area contributed by atoms with Crippen molar-refractivity contribution in [2.75, 3.05) is 67.7 Å². The zero-order valence-corrected chi connectivity index (χ0v) is 42.3. The lowest BCUT2D eigenvalue weighted by Crippen LogP contribution is -2.64. The molecular weight excluding hydrogens is 747 g/mol.